The molecule has 0 radical (unpaired) electrons. The highest BCUT2D eigenvalue weighted by molar-refractivity contribution is 6.21. The first-order chi connectivity index (χ1) is 11.1. The average Bonchev–Trinajstić information content (AvgIpc) is 2.77. The van der Waals surface area contributed by atoms with Crippen molar-refractivity contribution in [2.24, 2.45) is 0 Å². The van der Waals surface area contributed by atoms with Gasteiger partial charge in [-0.15, -0.1) is 0 Å². The largest absolute Gasteiger partial charge is 0.332 e. The van der Waals surface area contributed by atoms with Gasteiger partial charge in [-0.3, -0.25) is 4.79 Å². The monoisotopic (exact) mass is 314 g/mol. The fourth-order valence-corrected chi connectivity index (χ4v) is 3.20. The molecule has 2 aromatic rings. The van der Waals surface area contributed by atoms with Crippen LogP contribution in [0.25, 0.3) is 0 Å². The van der Waals surface area contributed by atoms with Crippen LogP contribution in [0.5, 0.6) is 0 Å². The molecule has 1 saturated heterocycles. The van der Waals surface area contributed by atoms with Crippen LogP contribution in [0.15, 0.2) is 42.5 Å². The molecular formula is C17H12F2N2O2. The summed E-state index contributed by atoms with van der Waals surface area (Å²) in [5.74, 6) is -2.16. The smallest absolute Gasteiger partial charge is 0.307 e. The van der Waals surface area contributed by atoms with Gasteiger partial charge in [-0.25, -0.2) is 18.5 Å². The van der Waals surface area contributed by atoms with Crippen molar-refractivity contribution in [3.8, 4) is 0 Å². The lowest BCUT2D eigenvalue weighted by Gasteiger charge is -2.28. The summed E-state index contributed by atoms with van der Waals surface area (Å²) in [7, 11) is 0. The van der Waals surface area contributed by atoms with Gasteiger partial charge in [0.25, 0.3) is 5.91 Å². The molecule has 23 heavy (non-hydrogen) atoms. The minimum atomic E-state index is -0.927. The quantitative estimate of drug-likeness (QED) is 0.760. The van der Waals surface area contributed by atoms with Gasteiger partial charge in [0.05, 0.1) is 5.69 Å². The van der Waals surface area contributed by atoms with Crippen molar-refractivity contribution in [2.75, 3.05) is 4.90 Å². The number of halogens is 2. The SMILES string of the molecule is O=C1[C@@H]2Cc3ccccc3CN2C(=O)N1c1ccc(F)cc1F. The van der Waals surface area contributed by atoms with Gasteiger partial charge in [-0.1, -0.05) is 24.3 Å². The zero-order valence-corrected chi connectivity index (χ0v) is 12.0. The highest BCUT2D eigenvalue weighted by Gasteiger charge is 2.48. The summed E-state index contributed by atoms with van der Waals surface area (Å²) in [5, 5.41) is 0. The maximum absolute atomic E-state index is 14.0. The van der Waals surface area contributed by atoms with Gasteiger partial charge < -0.3 is 4.90 Å². The van der Waals surface area contributed by atoms with E-state index in [1.165, 1.54) is 4.90 Å². The molecule has 116 valence electrons. The number of benzene rings is 2. The first kappa shape index (κ1) is 13.9. The van der Waals surface area contributed by atoms with E-state index in [0.717, 1.165) is 28.2 Å². The second-order valence-corrected chi connectivity index (χ2v) is 5.67. The predicted molar refractivity (Wildman–Crippen MR) is 78.7 cm³/mol. The second kappa shape index (κ2) is 4.87. The minimum Gasteiger partial charge on any atom is -0.307 e. The van der Waals surface area contributed by atoms with Crippen molar-refractivity contribution in [3.05, 3.63) is 65.2 Å². The number of imide groups is 1. The Morgan fingerprint density at radius 3 is 2.48 bits per heavy atom. The standard InChI is InChI=1S/C17H12F2N2O2/c18-12-5-6-14(13(19)8-12)21-16(22)15-7-10-3-1-2-4-11(10)9-20(15)17(21)23/h1-6,8,15H,7,9H2/t15-/m0/s1. The molecule has 4 rings (SSSR count). The molecule has 2 aliphatic heterocycles. The van der Waals surface area contributed by atoms with Gasteiger partial charge in [0, 0.05) is 19.0 Å². The number of anilines is 1. The van der Waals surface area contributed by atoms with Gasteiger partial charge in [0.2, 0.25) is 0 Å². The van der Waals surface area contributed by atoms with Crippen LogP contribution >= 0.6 is 0 Å². The number of rotatable bonds is 1. The molecule has 1 fully saturated rings. The van der Waals surface area contributed by atoms with Crippen molar-refractivity contribution < 1.29 is 18.4 Å². The summed E-state index contributed by atoms with van der Waals surface area (Å²) in [6.07, 6.45) is 0.403. The van der Waals surface area contributed by atoms with Crippen LogP contribution < -0.4 is 4.90 Å². The maximum atomic E-state index is 14.0. The molecule has 2 aliphatic rings. The first-order valence-corrected chi connectivity index (χ1v) is 7.22. The summed E-state index contributed by atoms with van der Waals surface area (Å²) < 4.78 is 27.0. The third-order valence-electron chi connectivity index (χ3n) is 4.34. The van der Waals surface area contributed by atoms with E-state index in [2.05, 4.69) is 0 Å². The summed E-state index contributed by atoms with van der Waals surface area (Å²) in [6.45, 7) is 0.310. The molecule has 6 heteroatoms. The van der Waals surface area contributed by atoms with Gasteiger partial charge >= 0.3 is 6.03 Å². The number of hydrogen-bond acceptors (Lipinski definition) is 2. The summed E-state index contributed by atoms with van der Waals surface area (Å²) in [6, 6.07) is 9.20. The van der Waals surface area contributed by atoms with E-state index in [9.17, 15) is 18.4 Å². The predicted octanol–water partition coefficient (Wildman–Crippen LogP) is 2.86. The third kappa shape index (κ3) is 2.02. The lowest BCUT2D eigenvalue weighted by molar-refractivity contribution is -0.120. The van der Waals surface area contributed by atoms with E-state index in [4.69, 9.17) is 0 Å². The van der Waals surface area contributed by atoms with Gasteiger partial charge in [0.15, 0.2) is 0 Å². The Labute approximate surface area is 130 Å². The van der Waals surface area contributed by atoms with E-state index in [1.807, 2.05) is 24.3 Å². The molecule has 2 heterocycles. The first-order valence-electron chi connectivity index (χ1n) is 7.22. The Bertz CT molecular complexity index is 794. The fourth-order valence-electron chi connectivity index (χ4n) is 3.20. The summed E-state index contributed by atoms with van der Waals surface area (Å²) in [4.78, 5) is 27.4. The van der Waals surface area contributed by atoms with Crippen molar-refractivity contribution in [1.29, 1.82) is 0 Å². The van der Waals surface area contributed by atoms with Crippen LogP contribution in [0.3, 0.4) is 0 Å². The number of carbonyl (C=O) groups excluding carboxylic acids is 2. The van der Waals surface area contributed by atoms with Gasteiger partial charge in [0.1, 0.15) is 17.7 Å². The molecule has 0 N–H and O–H groups in total. The molecule has 3 amide bonds. The summed E-state index contributed by atoms with van der Waals surface area (Å²) >= 11 is 0. The van der Waals surface area contributed by atoms with E-state index >= 15 is 0 Å². The molecule has 1 atom stereocenters. The van der Waals surface area contributed by atoms with Gasteiger partial charge in [-0.2, -0.15) is 0 Å². The molecule has 4 nitrogen and oxygen atoms in total. The van der Waals surface area contributed by atoms with Gasteiger partial charge in [-0.05, 0) is 23.3 Å². The van der Waals surface area contributed by atoms with E-state index in [1.54, 1.807) is 0 Å². The maximum Gasteiger partial charge on any atom is 0.332 e. The van der Waals surface area contributed by atoms with Crippen LogP contribution in [0.1, 0.15) is 11.1 Å². The second-order valence-electron chi connectivity index (χ2n) is 5.67. The molecule has 0 aliphatic carbocycles. The lowest BCUT2D eigenvalue weighted by Crippen LogP contribution is -2.39. The number of urea groups is 1. The lowest BCUT2D eigenvalue weighted by atomic mass is 9.95. The molecule has 0 aromatic heterocycles. The van der Waals surface area contributed by atoms with Crippen LogP contribution in [0.4, 0.5) is 19.3 Å². The normalized spacial score (nSPS) is 19.8. The van der Waals surface area contributed by atoms with E-state index in [-0.39, 0.29) is 5.69 Å². The zero-order valence-electron chi connectivity index (χ0n) is 12.0. The number of carbonyl (C=O) groups is 2. The molecule has 0 saturated carbocycles. The molecular weight excluding hydrogens is 302 g/mol. The Hall–Kier alpha value is -2.76. The van der Waals surface area contributed by atoms with E-state index < -0.39 is 29.6 Å². The van der Waals surface area contributed by atoms with Crippen molar-refractivity contribution in [2.45, 2.75) is 19.0 Å². The summed E-state index contributed by atoms with van der Waals surface area (Å²) in [5.41, 5.74) is 1.78. The molecule has 2 aromatic carbocycles. The highest BCUT2D eigenvalue weighted by atomic mass is 19.1. The Balaban J connectivity index is 1.74. The van der Waals surface area contributed by atoms with E-state index in [0.29, 0.717) is 19.0 Å². The molecule has 0 spiro atoms. The third-order valence-corrected chi connectivity index (χ3v) is 4.34. The Morgan fingerprint density at radius 2 is 1.74 bits per heavy atom. The molecule has 0 unspecified atom stereocenters. The van der Waals surface area contributed by atoms with Crippen LogP contribution in [0.2, 0.25) is 0 Å². The van der Waals surface area contributed by atoms with Crippen molar-refractivity contribution >= 4 is 17.6 Å². The number of hydrogen-bond donors (Lipinski definition) is 0. The van der Waals surface area contributed by atoms with Crippen LogP contribution in [0, 0.1) is 11.6 Å². The highest BCUT2D eigenvalue weighted by Crippen LogP contribution is 2.33. The molecule has 0 bridgehead atoms. The number of amides is 3. The van der Waals surface area contributed by atoms with Crippen molar-refractivity contribution in [3.63, 3.8) is 0 Å². The minimum absolute atomic E-state index is 0.208. The average molecular weight is 314 g/mol. The Morgan fingerprint density at radius 1 is 1.00 bits per heavy atom. The Kier molecular flexibility index (Phi) is 2.94. The topological polar surface area (TPSA) is 40.6 Å². The van der Waals surface area contributed by atoms with Crippen LogP contribution in [-0.2, 0) is 17.8 Å². The number of fused-ring (bicyclic) bond motifs is 2. The fraction of sp³-hybridized carbons (Fsp3) is 0.176. The van der Waals surface area contributed by atoms with Crippen molar-refractivity contribution in [1.82, 2.24) is 4.90 Å². The number of nitrogens with zero attached hydrogens (tertiary/aromatic N) is 2. The van der Waals surface area contributed by atoms with Crippen LogP contribution in [-0.4, -0.2) is 22.9 Å². The zero-order chi connectivity index (χ0) is 16.1.